The molecule has 7 nitrogen and oxygen atoms in total. The van der Waals surface area contributed by atoms with Crippen LogP contribution >= 0.6 is 0 Å². The first-order valence-corrected chi connectivity index (χ1v) is 12.4. The highest BCUT2D eigenvalue weighted by Gasteiger charge is 2.34. The maximum atomic E-state index is 12.6. The van der Waals surface area contributed by atoms with Gasteiger partial charge >= 0.3 is 0 Å². The van der Waals surface area contributed by atoms with Crippen molar-refractivity contribution < 1.29 is 13.2 Å². The van der Waals surface area contributed by atoms with Crippen LogP contribution in [0.15, 0.2) is 12.4 Å². The molecule has 1 aliphatic heterocycles. The van der Waals surface area contributed by atoms with Crippen LogP contribution in [-0.2, 0) is 21.4 Å². The monoisotopic (exact) mass is 410 g/mol. The van der Waals surface area contributed by atoms with Crippen molar-refractivity contribution in [1.82, 2.24) is 18.8 Å². The number of nitrogens with zero attached hydrogens (tertiary/aromatic N) is 4. The lowest BCUT2D eigenvalue weighted by molar-refractivity contribution is -0.130. The smallest absolute Gasteiger partial charge is 0.222 e. The number of aryl methyl sites for hydroxylation is 1. The molecule has 0 bridgehead atoms. The fraction of sp³-hybridized carbons (Fsp3) is 0.800. The summed E-state index contributed by atoms with van der Waals surface area (Å²) in [6, 6.07) is -0.127. The molecule has 1 unspecified atom stereocenters. The third-order valence-electron chi connectivity index (χ3n) is 6.33. The van der Waals surface area contributed by atoms with Crippen molar-refractivity contribution in [2.45, 2.75) is 70.9 Å². The van der Waals surface area contributed by atoms with E-state index in [-0.39, 0.29) is 11.9 Å². The molecule has 1 aromatic rings. The minimum Gasteiger partial charge on any atom is -0.341 e. The number of likely N-dealkylation sites (tertiary alicyclic amines) is 1. The van der Waals surface area contributed by atoms with Crippen molar-refractivity contribution >= 4 is 15.9 Å². The number of aromatic nitrogens is 2. The molecule has 28 heavy (non-hydrogen) atoms. The van der Waals surface area contributed by atoms with Crippen LogP contribution in [0.5, 0.6) is 0 Å². The van der Waals surface area contributed by atoms with Gasteiger partial charge in [-0.15, -0.1) is 0 Å². The Morgan fingerprint density at radius 2 is 2.00 bits per heavy atom. The van der Waals surface area contributed by atoms with Crippen molar-refractivity contribution in [2.24, 2.45) is 5.92 Å². The molecule has 8 heteroatoms. The first-order chi connectivity index (χ1) is 13.3. The van der Waals surface area contributed by atoms with Crippen LogP contribution in [0.1, 0.15) is 57.2 Å². The Morgan fingerprint density at radius 1 is 1.25 bits per heavy atom. The molecule has 3 rings (SSSR count). The SMILES string of the molecule is Cc1nccn1CCN(C1CCN(C(=O)CCC2CCCCC2)C1)S(C)(=O)=O. The van der Waals surface area contributed by atoms with Crippen molar-refractivity contribution in [1.29, 1.82) is 0 Å². The molecule has 2 fully saturated rings. The molecule has 1 aromatic heterocycles. The minimum atomic E-state index is -3.33. The van der Waals surface area contributed by atoms with Gasteiger partial charge in [0, 0.05) is 51.0 Å². The molecule has 2 aliphatic rings. The summed E-state index contributed by atoms with van der Waals surface area (Å²) in [5.74, 6) is 1.76. The Morgan fingerprint density at radius 3 is 2.64 bits per heavy atom. The molecule has 0 aromatic carbocycles. The van der Waals surface area contributed by atoms with E-state index in [1.807, 2.05) is 22.6 Å². The van der Waals surface area contributed by atoms with E-state index in [1.165, 1.54) is 38.4 Å². The third-order valence-corrected chi connectivity index (χ3v) is 7.66. The van der Waals surface area contributed by atoms with E-state index >= 15 is 0 Å². The molecule has 0 spiro atoms. The lowest BCUT2D eigenvalue weighted by Gasteiger charge is -2.27. The summed E-state index contributed by atoms with van der Waals surface area (Å²) in [6.07, 6.45) is 13.6. The van der Waals surface area contributed by atoms with Gasteiger partial charge in [-0.3, -0.25) is 4.79 Å². The number of hydrogen-bond donors (Lipinski definition) is 0. The van der Waals surface area contributed by atoms with Crippen molar-refractivity contribution in [3.8, 4) is 0 Å². The van der Waals surface area contributed by atoms with Crippen LogP contribution in [-0.4, -0.2) is 65.0 Å². The summed E-state index contributed by atoms with van der Waals surface area (Å²) >= 11 is 0. The Balaban J connectivity index is 1.52. The highest BCUT2D eigenvalue weighted by atomic mass is 32.2. The Kier molecular flexibility index (Phi) is 7.15. The second-order valence-electron chi connectivity index (χ2n) is 8.37. The first kappa shape index (κ1) is 21.3. The number of carbonyl (C=O) groups is 1. The predicted octanol–water partition coefficient (Wildman–Crippen LogP) is 2.41. The van der Waals surface area contributed by atoms with Crippen LogP contribution in [0.4, 0.5) is 0 Å². The Bertz CT molecular complexity index is 755. The van der Waals surface area contributed by atoms with Gasteiger partial charge in [0.25, 0.3) is 0 Å². The van der Waals surface area contributed by atoms with Crippen LogP contribution < -0.4 is 0 Å². The molecule has 1 aliphatic carbocycles. The average Bonchev–Trinajstić information content (AvgIpc) is 3.29. The summed E-state index contributed by atoms with van der Waals surface area (Å²) in [5.41, 5.74) is 0. The molecule has 1 saturated carbocycles. The second kappa shape index (κ2) is 9.39. The molecule has 1 saturated heterocycles. The second-order valence-corrected chi connectivity index (χ2v) is 10.3. The van der Waals surface area contributed by atoms with Crippen LogP contribution in [0.3, 0.4) is 0 Å². The summed E-state index contributed by atoms with van der Waals surface area (Å²) < 4.78 is 28.3. The largest absolute Gasteiger partial charge is 0.341 e. The molecule has 2 heterocycles. The van der Waals surface area contributed by atoms with E-state index in [9.17, 15) is 13.2 Å². The average molecular weight is 411 g/mol. The number of sulfonamides is 1. The standard InChI is InChI=1S/C20H34N4O3S/c1-17-21-11-13-22(17)14-15-24(28(2,26)27)19-10-12-23(16-19)20(25)9-8-18-6-4-3-5-7-18/h11,13,18-19H,3-10,12,14-16H2,1-2H3. The van der Waals surface area contributed by atoms with Gasteiger partial charge in [-0.25, -0.2) is 13.4 Å². The molecule has 1 amide bonds. The zero-order valence-electron chi connectivity index (χ0n) is 17.2. The van der Waals surface area contributed by atoms with Crippen molar-refractivity contribution in [3.05, 3.63) is 18.2 Å². The highest BCUT2D eigenvalue weighted by Crippen LogP contribution is 2.28. The Hall–Kier alpha value is -1.41. The molecule has 0 N–H and O–H groups in total. The molecule has 0 radical (unpaired) electrons. The van der Waals surface area contributed by atoms with Gasteiger partial charge in [0.1, 0.15) is 5.82 Å². The zero-order valence-corrected chi connectivity index (χ0v) is 18.0. The maximum Gasteiger partial charge on any atom is 0.222 e. The maximum absolute atomic E-state index is 12.6. The predicted molar refractivity (Wildman–Crippen MR) is 109 cm³/mol. The summed E-state index contributed by atoms with van der Waals surface area (Å²) in [6.45, 7) is 4.06. The molecule has 1 atom stereocenters. The van der Waals surface area contributed by atoms with E-state index < -0.39 is 10.0 Å². The number of imidazole rings is 1. The number of amides is 1. The minimum absolute atomic E-state index is 0.127. The fourth-order valence-corrected chi connectivity index (χ4v) is 5.76. The van der Waals surface area contributed by atoms with Gasteiger partial charge in [-0.05, 0) is 25.7 Å². The topological polar surface area (TPSA) is 75.5 Å². The lowest BCUT2D eigenvalue weighted by Crippen LogP contribution is -2.43. The highest BCUT2D eigenvalue weighted by molar-refractivity contribution is 7.88. The van der Waals surface area contributed by atoms with Crippen LogP contribution in [0.25, 0.3) is 0 Å². The number of hydrogen-bond acceptors (Lipinski definition) is 4. The summed E-state index contributed by atoms with van der Waals surface area (Å²) in [4.78, 5) is 18.7. The summed E-state index contributed by atoms with van der Waals surface area (Å²) in [7, 11) is -3.33. The third kappa shape index (κ3) is 5.56. The zero-order chi connectivity index (χ0) is 20.1. The Labute approximate surface area is 169 Å². The van der Waals surface area contributed by atoms with Gasteiger partial charge in [-0.2, -0.15) is 4.31 Å². The molecular weight excluding hydrogens is 376 g/mol. The first-order valence-electron chi connectivity index (χ1n) is 10.6. The van der Waals surface area contributed by atoms with Gasteiger partial charge in [0.2, 0.25) is 15.9 Å². The quantitative estimate of drug-likeness (QED) is 0.660. The van der Waals surface area contributed by atoms with Gasteiger partial charge in [0.15, 0.2) is 0 Å². The number of carbonyl (C=O) groups excluding carboxylic acids is 1. The molecule has 158 valence electrons. The van der Waals surface area contributed by atoms with Crippen molar-refractivity contribution in [3.63, 3.8) is 0 Å². The van der Waals surface area contributed by atoms with E-state index in [2.05, 4.69) is 4.98 Å². The van der Waals surface area contributed by atoms with Gasteiger partial charge in [0.05, 0.1) is 6.26 Å². The van der Waals surface area contributed by atoms with E-state index in [4.69, 9.17) is 0 Å². The lowest BCUT2D eigenvalue weighted by atomic mass is 9.86. The van der Waals surface area contributed by atoms with Gasteiger partial charge in [-0.1, -0.05) is 32.1 Å². The van der Waals surface area contributed by atoms with E-state index in [1.54, 1.807) is 10.5 Å². The molecular formula is C20H34N4O3S. The van der Waals surface area contributed by atoms with Crippen LogP contribution in [0, 0.1) is 12.8 Å². The van der Waals surface area contributed by atoms with E-state index in [0.29, 0.717) is 44.9 Å². The van der Waals surface area contributed by atoms with E-state index in [0.717, 1.165) is 12.2 Å². The van der Waals surface area contributed by atoms with Crippen LogP contribution in [0.2, 0.25) is 0 Å². The fourth-order valence-electron chi connectivity index (χ4n) is 4.63. The normalized spacial score (nSPS) is 21.5. The number of rotatable bonds is 8. The van der Waals surface area contributed by atoms with Gasteiger partial charge < -0.3 is 9.47 Å². The van der Waals surface area contributed by atoms with Crippen molar-refractivity contribution in [2.75, 3.05) is 25.9 Å². The summed E-state index contributed by atoms with van der Waals surface area (Å²) in [5, 5.41) is 0.